The minimum Gasteiger partial charge on any atom is -0.497 e. The number of carbonyl (C=O) groups excluding carboxylic acids is 2. The molecule has 242 valence electrons. The van der Waals surface area contributed by atoms with E-state index in [1.165, 1.54) is 48.4 Å². The number of anilines is 1. The molecule has 1 N–H and O–H groups in total. The molecule has 0 aliphatic heterocycles. The fourth-order valence-electron chi connectivity index (χ4n) is 4.83. The van der Waals surface area contributed by atoms with Gasteiger partial charge in [-0.15, -0.1) is 0 Å². The number of hydrogen-bond acceptors (Lipinski definition) is 5. The molecule has 0 saturated carbocycles. The summed E-state index contributed by atoms with van der Waals surface area (Å²) >= 11 is 12.7. The number of nitrogens with one attached hydrogen (secondary N) is 1. The lowest BCUT2D eigenvalue weighted by atomic mass is 10.0. The molecule has 0 spiro atoms. The lowest BCUT2D eigenvalue weighted by Gasteiger charge is -2.35. The number of amides is 2. The number of benzene rings is 4. The van der Waals surface area contributed by atoms with Gasteiger partial charge in [-0.2, -0.15) is 0 Å². The summed E-state index contributed by atoms with van der Waals surface area (Å²) < 4.78 is 34.5. The monoisotopic (exact) mass is 681 g/mol. The molecule has 0 aliphatic rings. The van der Waals surface area contributed by atoms with Gasteiger partial charge in [-0.3, -0.25) is 13.9 Å². The Morgan fingerprint density at radius 3 is 2.04 bits per heavy atom. The average molecular weight is 683 g/mol. The Morgan fingerprint density at radius 2 is 1.46 bits per heavy atom. The first kappa shape index (κ1) is 34.8. The predicted octanol–water partition coefficient (Wildman–Crippen LogP) is 6.75. The molecular formula is C35H37Cl2N3O5S. The largest absolute Gasteiger partial charge is 0.497 e. The van der Waals surface area contributed by atoms with Crippen molar-refractivity contribution in [1.29, 1.82) is 0 Å². The van der Waals surface area contributed by atoms with Gasteiger partial charge >= 0.3 is 0 Å². The maximum Gasteiger partial charge on any atom is 0.264 e. The van der Waals surface area contributed by atoms with E-state index in [9.17, 15) is 18.0 Å². The zero-order valence-electron chi connectivity index (χ0n) is 26.1. The predicted molar refractivity (Wildman–Crippen MR) is 183 cm³/mol. The van der Waals surface area contributed by atoms with Crippen molar-refractivity contribution >= 4 is 50.7 Å². The van der Waals surface area contributed by atoms with Crippen molar-refractivity contribution in [3.63, 3.8) is 0 Å². The smallest absolute Gasteiger partial charge is 0.264 e. The molecule has 11 heteroatoms. The molecule has 2 amide bonds. The van der Waals surface area contributed by atoms with Crippen LogP contribution in [0.3, 0.4) is 0 Å². The molecule has 4 rings (SSSR count). The quantitative estimate of drug-likeness (QED) is 0.178. The van der Waals surface area contributed by atoms with E-state index in [-0.39, 0.29) is 29.5 Å². The molecule has 46 heavy (non-hydrogen) atoms. The van der Waals surface area contributed by atoms with Gasteiger partial charge in [0, 0.05) is 28.5 Å². The minimum absolute atomic E-state index is 0.0371. The van der Waals surface area contributed by atoms with E-state index in [1.54, 1.807) is 36.4 Å². The lowest BCUT2D eigenvalue weighted by molar-refractivity contribution is -0.140. The minimum atomic E-state index is -4.27. The zero-order chi connectivity index (χ0) is 33.5. The molecule has 0 saturated heterocycles. The number of nitrogens with zero attached hydrogens (tertiary/aromatic N) is 2. The van der Waals surface area contributed by atoms with Crippen LogP contribution in [0.2, 0.25) is 10.0 Å². The van der Waals surface area contributed by atoms with Crippen LogP contribution in [0, 0.1) is 0 Å². The number of carbonyl (C=O) groups is 2. The Morgan fingerprint density at radius 1 is 0.848 bits per heavy atom. The molecule has 0 radical (unpaired) electrons. The van der Waals surface area contributed by atoms with Crippen LogP contribution in [0.4, 0.5) is 5.69 Å². The van der Waals surface area contributed by atoms with Crippen LogP contribution in [-0.4, -0.2) is 50.4 Å². The van der Waals surface area contributed by atoms with E-state index in [0.29, 0.717) is 21.4 Å². The van der Waals surface area contributed by atoms with Crippen molar-refractivity contribution in [2.24, 2.45) is 0 Å². The summed E-state index contributed by atoms with van der Waals surface area (Å²) in [6.07, 6.45) is 0.186. The highest BCUT2D eigenvalue weighted by molar-refractivity contribution is 7.92. The van der Waals surface area contributed by atoms with E-state index in [0.717, 1.165) is 9.87 Å². The second-order valence-corrected chi connectivity index (χ2v) is 14.4. The Labute approximate surface area is 280 Å². The molecule has 1 atom stereocenters. The van der Waals surface area contributed by atoms with Gasteiger partial charge in [0.1, 0.15) is 18.3 Å². The fraction of sp³-hybridized carbons (Fsp3) is 0.257. The highest BCUT2D eigenvalue weighted by atomic mass is 35.5. The van der Waals surface area contributed by atoms with Crippen molar-refractivity contribution in [1.82, 2.24) is 10.2 Å². The summed E-state index contributed by atoms with van der Waals surface area (Å²) in [4.78, 5) is 29.9. The normalized spacial score (nSPS) is 12.2. The summed E-state index contributed by atoms with van der Waals surface area (Å²) in [6.45, 7) is 4.93. The first-order valence-corrected chi connectivity index (χ1v) is 16.8. The first-order valence-electron chi connectivity index (χ1n) is 14.6. The van der Waals surface area contributed by atoms with Crippen molar-refractivity contribution in [2.75, 3.05) is 18.0 Å². The van der Waals surface area contributed by atoms with Gasteiger partial charge in [0.2, 0.25) is 11.8 Å². The molecule has 1 unspecified atom stereocenters. The molecular weight excluding hydrogens is 645 g/mol. The molecule has 4 aromatic rings. The molecule has 0 aromatic heterocycles. The Balaban J connectivity index is 1.82. The van der Waals surface area contributed by atoms with Crippen LogP contribution in [0.15, 0.2) is 108 Å². The summed E-state index contributed by atoms with van der Waals surface area (Å²) in [5.41, 5.74) is 1.06. The lowest BCUT2D eigenvalue weighted by Crippen LogP contribution is -2.56. The summed E-state index contributed by atoms with van der Waals surface area (Å²) in [5.74, 6) is -0.502. The van der Waals surface area contributed by atoms with Crippen molar-refractivity contribution < 1.29 is 22.7 Å². The molecule has 0 aliphatic carbocycles. The summed E-state index contributed by atoms with van der Waals surface area (Å²) in [6, 6.07) is 27.4. The molecule has 8 nitrogen and oxygen atoms in total. The number of hydrogen-bond donors (Lipinski definition) is 1. The van der Waals surface area contributed by atoms with Crippen LogP contribution >= 0.6 is 23.2 Å². The molecule has 0 bridgehead atoms. The third kappa shape index (κ3) is 9.02. The first-order chi connectivity index (χ1) is 21.8. The zero-order valence-corrected chi connectivity index (χ0v) is 28.4. The molecule has 0 heterocycles. The van der Waals surface area contributed by atoms with Gasteiger partial charge in [0.05, 0.1) is 17.7 Å². The van der Waals surface area contributed by atoms with E-state index in [2.05, 4.69) is 5.32 Å². The number of sulfonamides is 1. The van der Waals surface area contributed by atoms with Gasteiger partial charge < -0.3 is 15.0 Å². The standard InChI is InChI=1S/C35H37Cl2N3O5S/c1-35(2,3)38-34(42)32(22-25-10-6-5-7-11-25)39(23-26-12-8-9-13-31(26)37)33(41)24-40(28-16-14-27(36)15-17-28)46(43,44)30-20-18-29(45-4)19-21-30/h5-21,32H,22-24H2,1-4H3,(H,38,42). The van der Waals surface area contributed by atoms with Crippen LogP contribution in [0.5, 0.6) is 5.75 Å². The van der Waals surface area contributed by atoms with Crippen LogP contribution in [0.1, 0.15) is 31.9 Å². The van der Waals surface area contributed by atoms with Gasteiger partial charge in [-0.05, 0) is 86.5 Å². The molecule has 0 fully saturated rings. The second-order valence-electron chi connectivity index (χ2n) is 11.7. The van der Waals surface area contributed by atoms with E-state index < -0.39 is 34.1 Å². The van der Waals surface area contributed by atoms with Crippen molar-refractivity contribution in [2.45, 2.75) is 50.2 Å². The SMILES string of the molecule is COc1ccc(S(=O)(=O)N(CC(=O)N(Cc2ccccc2Cl)C(Cc2ccccc2)C(=O)NC(C)(C)C)c2ccc(Cl)cc2)cc1. The number of rotatable bonds is 12. The van der Waals surface area contributed by atoms with Crippen LogP contribution < -0.4 is 14.4 Å². The van der Waals surface area contributed by atoms with E-state index in [4.69, 9.17) is 27.9 Å². The highest BCUT2D eigenvalue weighted by Crippen LogP contribution is 2.28. The van der Waals surface area contributed by atoms with Crippen LogP contribution in [-0.2, 0) is 32.6 Å². The Kier molecular flexibility index (Phi) is 11.4. The Hall–Kier alpha value is -4.05. The van der Waals surface area contributed by atoms with Gasteiger partial charge in [0.25, 0.3) is 10.0 Å². The average Bonchev–Trinajstić information content (AvgIpc) is 3.02. The van der Waals surface area contributed by atoms with Gasteiger partial charge in [0.15, 0.2) is 0 Å². The number of ether oxygens (including phenoxy) is 1. The third-order valence-electron chi connectivity index (χ3n) is 7.11. The maximum atomic E-state index is 14.5. The number of halogens is 2. The Bertz CT molecular complexity index is 1740. The van der Waals surface area contributed by atoms with Crippen LogP contribution in [0.25, 0.3) is 0 Å². The van der Waals surface area contributed by atoms with E-state index >= 15 is 0 Å². The van der Waals surface area contributed by atoms with Gasteiger partial charge in [-0.25, -0.2) is 8.42 Å². The number of methoxy groups -OCH3 is 1. The second kappa shape index (κ2) is 15.0. The summed E-state index contributed by atoms with van der Waals surface area (Å²) in [7, 11) is -2.79. The fourth-order valence-corrected chi connectivity index (χ4v) is 6.56. The van der Waals surface area contributed by atoms with E-state index in [1.807, 2.05) is 51.1 Å². The summed E-state index contributed by atoms with van der Waals surface area (Å²) in [5, 5.41) is 3.82. The maximum absolute atomic E-state index is 14.5. The van der Waals surface area contributed by atoms with Crippen molar-refractivity contribution in [3.8, 4) is 5.75 Å². The van der Waals surface area contributed by atoms with Crippen molar-refractivity contribution in [3.05, 3.63) is 124 Å². The van der Waals surface area contributed by atoms with Gasteiger partial charge in [-0.1, -0.05) is 71.7 Å². The molecule has 4 aromatic carbocycles. The highest BCUT2D eigenvalue weighted by Gasteiger charge is 2.36. The third-order valence-corrected chi connectivity index (χ3v) is 9.52. The topological polar surface area (TPSA) is 96.0 Å².